The first-order valence-electron chi connectivity index (χ1n) is 9.14. The number of hydrogen-bond acceptors (Lipinski definition) is 6. The van der Waals surface area contributed by atoms with Crippen molar-refractivity contribution in [1.29, 1.82) is 0 Å². The lowest BCUT2D eigenvalue weighted by atomic mass is 10.2. The van der Waals surface area contributed by atoms with E-state index in [0.29, 0.717) is 35.3 Å². The fraction of sp³-hybridized carbons (Fsp3) is 0.368. The van der Waals surface area contributed by atoms with Crippen molar-refractivity contribution in [1.82, 2.24) is 18.7 Å². The maximum atomic E-state index is 13.1. The van der Waals surface area contributed by atoms with E-state index in [9.17, 15) is 14.4 Å². The second-order valence-corrected chi connectivity index (χ2v) is 7.43. The second-order valence-electron chi connectivity index (χ2n) is 6.99. The van der Waals surface area contributed by atoms with Gasteiger partial charge in [0.25, 0.3) is 5.56 Å². The molecule has 0 amide bonds. The summed E-state index contributed by atoms with van der Waals surface area (Å²) < 4.78 is 9.53. The van der Waals surface area contributed by atoms with E-state index >= 15 is 0 Å². The predicted molar refractivity (Wildman–Crippen MR) is 110 cm³/mol. The molecule has 0 fully saturated rings. The Morgan fingerprint density at radius 3 is 2.72 bits per heavy atom. The molecule has 1 aromatic carbocycles. The molecule has 1 aliphatic heterocycles. The molecule has 2 aromatic heterocycles. The number of ketones is 1. The van der Waals surface area contributed by atoms with Crippen molar-refractivity contribution in [3.05, 3.63) is 44.1 Å². The van der Waals surface area contributed by atoms with Crippen LogP contribution in [0.5, 0.6) is 5.75 Å². The lowest BCUT2D eigenvalue weighted by molar-refractivity contribution is -0.117. The number of hydrogen-bond donors (Lipinski definition) is 0. The Morgan fingerprint density at radius 1 is 1.28 bits per heavy atom. The van der Waals surface area contributed by atoms with E-state index in [1.807, 2.05) is 4.90 Å². The minimum Gasteiger partial charge on any atom is -0.495 e. The normalized spacial score (nSPS) is 13.6. The number of fused-ring (bicyclic) bond motifs is 3. The van der Waals surface area contributed by atoms with Crippen LogP contribution < -0.4 is 20.9 Å². The highest BCUT2D eigenvalue weighted by Gasteiger charge is 2.28. The van der Waals surface area contributed by atoms with Gasteiger partial charge in [-0.2, -0.15) is 4.98 Å². The molecule has 1 aliphatic rings. The lowest BCUT2D eigenvalue weighted by Gasteiger charge is -2.30. The summed E-state index contributed by atoms with van der Waals surface area (Å²) in [4.78, 5) is 43.8. The number of carbonyl (C=O) groups is 1. The van der Waals surface area contributed by atoms with Crippen molar-refractivity contribution in [2.75, 3.05) is 18.6 Å². The van der Waals surface area contributed by atoms with Crippen molar-refractivity contribution in [2.45, 2.75) is 26.4 Å². The van der Waals surface area contributed by atoms with Crippen LogP contribution in [0.1, 0.15) is 13.3 Å². The minimum absolute atomic E-state index is 0.270. The van der Waals surface area contributed by atoms with Gasteiger partial charge in [0, 0.05) is 25.2 Å². The Balaban J connectivity index is 2.00. The summed E-state index contributed by atoms with van der Waals surface area (Å²) in [5, 5.41) is 0.547. The van der Waals surface area contributed by atoms with Gasteiger partial charge >= 0.3 is 5.69 Å². The quantitative estimate of drug-likeness (QED) is 0.641. The van der Waals surface area contributed by atoms with Gasteiger partial charge in [0.2, 0.25) is 5.95 Å². The molecule has 3 aromatic rings. The summed E-state index contributed by atoms with van der Waals surface area (Å²) >= 11 is 6.20. The molecule has 0 unspecified atom stereocenters. The third kappa shape index (κ3) is 3.02. The van der Waals surface area contributed by atoms with Crippen LogP contribution in [0, 0.1) is 0 Å². The van der Waals surface area contributed by atoms with Gasteiger partial charge < -0.3 is 14.2 Å². The molecule has 0 spiro atoms. The van der Waals surface area contributed by atoms with Crippen LogP contribution >= 0.6 is 11.6 Å². The maximum absolute atomic E-state index is 13.1. The van der Waals surface area contributed by atoms with E-state index in [2.05, 4.69) is 4.98 Å². The summed E-state index contributed by atoms with van der Waals surface area (Å²) in [7, 11) is 3.12. The molecule has 0 bridgehead atoms. The molecular formula is C19H20ClN5O4. The smallest absolute Gasteiger partial charge is 0.332 e. The number of benzene rings is 1. The third-order valence-corrected chi connectivity index (χ3v) is 5.26. The average molecular weight is 418 g/mol. The van der Waals surface area contributed by atoms with Crippen molar-refractivity contribution in [2.24, 2.45) is 7.05 Å². The summed E-state index contributed by atoms with van der Waals surface area (Å²) in [5.74, 6) is 0.879. The van der Waals surface area contributed by atoms with Gasteiger partial charge in [-0.3, -0.25) is 18.7 Å². The van der Waals surface area contributed by atoms with Gasteiger partial charge in [0.1, 0.15) is 11.5 Å². The minimum atomic E-state index is -0.569. The number of imidazole rings is 1. The summed E-state index contributed by atoms with van der Waals surface area (Å²) in [6, 6.07) is 5.29. The molecule has 4 rings (SSSR count). The number of aryl methyl sites for hydroxylation is 2. The first-order chi connectivity index (χ1) is 13.8. The Hall–Kier alpha value is -3.07. The van der Waals surface area contributed by atoms with Crippen LogP contribution in [-0.4, -0.2) is 38.1 Å². The van der Waals surface area contributed by atoms with Gasteiger partial charge in [0.05, 0.1) is 19.3 Å². The highest BCUT2D eigenvalue weighted by molar-refractivity contribution is 6.31. The second kappa shape index (κ2) is 7.07. The van der Waals surface area contributed by atoms with Crippen molar-refractivity contribution in [3.8, 4) is 5.75 Å². The number of methoxy groups -OCH3 is 1. The number of rotatable bonds is 4. The zero-order valence-corrected chi connectivity index (χ0v) is 17.1. The van der Waals surface area contributed by atoms with Crippen LogP contribution in [0.15, 0.2) is 27.8 Å². The molecule has 0 radical (unpaired) electrons. The molecule has 0 atom stereocenters. The monoisotopic (exact) mass is 417 g/mol. The number of aromatic nitrogens is 4. The van der Waals surface area contributed by atoms with Gasteiger partial charge in [-0.1, -0.05) is 11.6 Å². The third-order valence-electron chi connectivity index (χ3n) is 5.03. The number of halogens is 1. The highest BCUT2D eigenvalue weighted by atomic mass is 35.5. The molecule has 9 nitrogen and oxygen atoms in total. The Labute approximate surface area is 170 Å². The highest BCUT2D eigenvalue weighted by Crippen LogP contribution is 2.38. The first kappa shape index (κ1) is 19.3. The number of Topliss-reactive ketones (excluding diaryl/α,β-unsaturated/α-hetero) is 1. The average Bonchev–Trinajstić information content (AvgIpc) is 3.09. The fourth-order valence-electron chi connectivity index (χ4n) is 3.73. The van der Waals surface area contributed by atoms with Gasteiger partial charge in [-0.05, 0) is 31.5 Å². The van der Waals surface area contributed by atoms with Crippen molar-refractivity contribution in [3.63, 3.8) is 0 Å². The van der Waals surface area contributed by atoms with E-state index in [0.717, 1.165) is 16.7 Å². The number of carbonyl (C=O) groups excluding carboxylic acids is 1. The molecule has 152 valence electrons. The number of anilines is 2. The Bertz CT molecular complexity index is 1260. The Morgan fingerprint density at radius 2 is 2.03 bits per heavy atom. The van der Waals surface area contributed by atoms with Gasteiger partial charge in [0.15, 0.2) is 11.2 Å². The van der Waals surface area contributed by atoms with Crippen LogP contribution in [-0.2, 0) is 24.9 Å². The van der Waals surface area contributed by atoms with E-state index in [-0.39, 0.29) is 18.0 Å². The largest absolute Gasteiger partial charge is 0.495 e. The van der Waals surface area contributed by atoms with Crippen LogP contribution in [0.2, 0.25) is 5.02 Å². The maximum Gasteiger partial charge on any atom is 0.332 e. The molecule has 29 heavy (non-hydrogen) atoms. The van der Waals surface area contributed by atoms with Gasteiger partial charge in [-0.15, -0.1) is 0 Å². The summed E-state index contributed by atoms with van der Waals surface area (Å²) in [5.41, 5.74) is 0.221. The van der Waals surface area contributed by atoms with E-state index in [4.69, 9.17) is 16.3 Å². The van der Waals surface area contributed by atoms with Crippen LogP contribution in [0.25, 0.3) is 11.2 Å². The van der Waals surface area contributed by atoms with Crippen molar-refractivity contribution < 1.29 is 9.53 Å². The zero-order chi connectivity index (χ0) is 20.9. The van der Waals surface area contributed by atoms with E-state index < -0.39 is 11.2 Å². The molecule has 0 aliphatic carbocycles. The molecule has 3 heterocycles. The molecular weight excluding hydrogens is 398 g/mol. The molecule has 0 N–H and O–H groups in total. The zero-order valence-electron chi connectivity index (χ0n) is 16.3. The number of nitrogens with zero attached hydrogens (tertiary/aromatic N) is 5. The van der Waals surface area contributed by atoms with Crippen molar-refractivity contribution >= 4 is 40.2 Å². The fourth-order valence-corrected chi connectivity index (χ4v) is 3.90. The number of ether oxygens (including phenoxy) is 1. The molecule has 0 saturated carbocycles. The first-order valence-corrected chi connectivity index (χ1v) is 9.52. The standard InChI is InChI=1S/C19H20ClN5O4/c1-11(26)10-25-17(27)15-16(22(2)19(25)28)21-18-23(7-4-8-24(15)18)13-9-12(20)5-6-14(13)29-3/h5-6,9H,4,7-8,10H2,1-3H3. The summed E-state index contributed by atoms with van der Waals surface area (Å²) in [6.45, 7) is 2.29. The van der Waals surface area contributed by atoms with E-state index in [1.165, 1.54) is 11.5 Å². The van der Waals surface area contributed by atoms with Crippen LogP contribution in [0.4, 0.5) is 11.6 Å². The van der Waals surface area contributed by atoms with E-state index in [1.54, 1.807) is 36.9 Å². The Kier molecular flexibility index (Phi) is 4.70. The molecule has 10 heteroatoms. The lowest BCUT2D eigenvalue weighted by Crippen LogP contribution is -2.41. The predicted octanol–water partition coefficient (Wildman–Crippen LogP) is 1.69. The van der Waals surface area contributed by atoms with Gasteiger partial charge in [-0.25, -0.2) is 4.79 Å². The molecule has 0 saturated heterocycles. The van der Waals surface area contributed by atoms with Crippen LogP contribution in [0.3, 0.4) is 0 Å². The summed E-state index contributed by atoms with van der Waals surface area (Å²) in [6.07, 6.45) is 0.753. The topological polar surface area (TPSA) is 91.4 Å². The SMILES string of the molecule is COc1ccc(Cl)cc1N1CCCn2c1nc1c2c(=O)n(CC(C)=O)c(=O)n1C.